The van der Waals surface area contributed by atoms with Crippen LogP contribution in [0.3, 0.4) is 0 Å². The molecule has 0 radical (unpaired) electrons. The van der Waals surface area contributed by atoms with Crippen molar-refractivity contribution < 1.29 is 4.74 Å². The average Bonchev–Trinajstić information content (AvgIpc) is 2.77. The summed E-state index contributed by atoms with van der Waals surface area (Å²) < 4.78 is 8.04. The quantitative estimate of drug-likeness (QED) is 0.749. The molecule has 5 heteroatoms. The van der Waals surface area contributed by atoms with Gasteiger partial charge in [-0.25, -0.2) is 0 Å². The highest BCUT2D eigenvalue weighted by molar-refractivity contribution is 7.71. The molecule has 0 spiro atoms. The van der Waals surface area contributed by atoms with Crippen LogP contribution in [-0.2, 0) is 6.54 Å². The van der Waals surface area contributed by atoms with Gasteiger partial charge in [-0.2, -0.15) is 0 Å². The summed E-state index contributed by atoms with van der Waals surface area (Å²) in [5.74, 6) is 0.822. The lowest BCUT2D eigenvalue weighted by Gasteiger charge is -2.06. The number of methoxy groups -OCH3 is 1. The fraction of sp³-hybridized carbons (Fsp3) is 0.200. The number of benzene rings is 1. The Bertz CT molecular complexity index is 802. The smallest absolute Gasteiger partial charge is 0.178 e. The van der Waals surface area contributed by atoms with E-state index in [0.717, 1.165) is 28.0 Å². The van der Waals surface area contributed by atoms with Crippen LogP contribution >= 0.6 is 12.2 Å². The molecule has 102 valence electrons. The third-order valence-corrected chi connectivity index (χ3v) is 3.62. The van der Waals surface area contributed by atoms with Crippen LogP contribution in [0.4, 0.5) is 0 Å². The summed E-state index contributed by atoms with van der Waals surface area (Å²) in [5.41, 5.74) is 4.18. The molecule has 0 aliphatic carbocycles. The summed E-state index contributed by atoms with van der Waals surface area (Å²) in [4.78, 5) is 7.53. The number of fused-ring (bicyclic) bond motifs is 1. The van der Waals surface area contributed by atoms with E-state index < -0.39 is 0 Å². The average molecular weight is 285 g/mol. The third-order valence-electron chi connectivity index (χ3n) is 3.30. The maximum Gasteiger partial charge on any atom is 0.178 e. The Morgan fingerprint density at radius 2 is 2.15 bits per heavy atom. The standard InChI is InChI=1S/C15H15N3OS/c1-10-3-4-11(8-16-10)9-18-14-7-12(19-2)5-6-13(14)17-15(18)20/h3-8H,9H2,1-2H3,(H,17,20). The van der Waals surface area contributed by atoms with Gasteiger partial charge in [0.15, 0.2) is 4.77 Å². The lowest BCUT2D eigenvalue weighted by molar-refractivity contribution is 0.415. The van der Waals surface area contributed by atoms with Gasteiger partial charge in [0.05, 0.1) is 24.7 Å². The number of rotatable bonds is 3. The number of aromatic nitrogens is 3. The molecule has 3 aromatic rings. The molecule has 0 bridgehead atoms. The van der Waals surface area contributed by atoms with Crippen molar-refractivity contribution in [2.75, 3.05) is 7.11 Å². The van der Waals surface area contributed by atoms with Gasteiger partial charge in [0, 0.05) is 18.0 Å². The molecule has 0 saturated heterocycles. The number of nitrogens with zero attached hydrogens (tertiary/aromatic N) is 2. The van der Waals surface area contributed by atoms with Crippen LogP contribution in [-0.4, -0.2) is 21.6 Å². The SMILES string of the molecule is COc1ccc2[nH]c(=S)n(Cc3ccc(C)nc3)c2c1. The molecule has 1 N–H and O–H groups in total. The number of aromatic amines is 1. The Kier molecular flexibility index (Phi) is 3.28. The molecule has 3 rings (SSSR count). The molecule has 0 fully saturated rings. The highest BCUT2D eigenvalue weighted by atomic mass is 32.1. The molecule has 0 aliphatic rings. The van der Waals surface area contributed by atoms with Gasteiger partial charge < -0.3 is 14.3 Å². The monoisotopic (exact) mass is 285 g/mol. The van der Waals surface area contributed by atoms with Gasteiger partial charge in [-0.05, 0) is 42.9 Å². The van der Waals surface area contributed by atoms with Gasteiger partial charge in [-0.1, -0.05) is 6.07 Å². The predicted octanol–water partition coefficient (Wildman–Crippen LogP) is 3.46. The van der Waals surface area contributed by atoms with Crippen LogP contribution in [0.25, 0.3) is 11.0 Å². The van der Waals surface area contributed by atoms with E-state index >= 15 is 0 Å². The van der Waals surface area contributed by atoms with Crippen LogP contribution in [0, 0.1) is 11.7 Å². The second-order valence-corrected chi connectivity index (χ2v) is 5.09. The first-order valence-electron chi connectivity index (χ1n) is 6.35. The van der Waals surface area contributed by atoms with Crippen molar-refractivity contribution in [2.24, 2.45) is 0 Å². The minimum atomic E-state index is 0.694. The maximum absolute atomic E-state index is 5.40. The number of H-pyrrole nitrogens is 1. The van der Waals surface area contributed by atoms with Crippen LogP contribution in [0.2, 0.25) is 0 Å². The van der Waals surface area contributed by atoms with E-state index in [1.807, 2.05) is 37.4 Å². The number of nitrogens with one attached hydrogen (secondary N) is 1. The molecule has 0 amide bonds. The van der Waals surface area contributed by atoms with Crippen molar-refractivity contribution in [3.05, 3.63) is 52.6 Å². The minimum Gasteiger partial charge on any atom is -0.497 e. The predicted molar refractivity (Wildman–Crippen MR) is 81.8 cm³/mol. The van der Waals surface area contributed by atoms with E-state index in [4.69, 9.17) is 17.0 Å². The van der Waals surface area contributed by atoms with Crippen molar-refractivity contribution in [1.29, 1.82) is 0 Å². The first-order valence-corrected chi connectivity index (χ1v) is 6.76. The molecule has 0 atom stereocenters. The number of aryl methyl sites for hydroxylation is 1. The number of pyridine rings is 1. The molecule has 2 aromatic heterocycles. The second kappa shape index (κ2) is 5.09. The summed E-state index contributed by atoms with van der Waals surface area (Å²) in [5, 5.41) is 0. The van der Waals surface area contributed by atoms with Gasteiger partial charge in [0.2, 0.25) is 0 Å². The molecular weight excluding hydrogens is 270 g/mol. The van der Waals surface area contributed by atoms with E-state index in [-0.39, 0.29) is 0 Å². The minimum absolute atomic E-state index is 0.694. The topological polar surface area (TPSA) is 42.8 Å². The fourth-order valence-electron chi connectivity index (χ4n) is 2.19. The molecule has 0 aliphatic heterocycles. The number of ether oxygens (including phenoxy) is 1. The molecule has 0 unspecified atom stereocenters. The van der Waals surface area contributed by atoms with Crippen LogP contribution in [0.15, 0.2) is 36.5 Å². The molecule has 1 aromatic carbocycles. The van der Waals surface area contributed by atoms with Gasteiger partial charge in [0.25, 0.3) is 0 Å². The van der Waals surface area contributed by atoms with Crippen molar-refractivity contribution >= 4 is 23.3 Å². The van der Waals surface area contributed by atoms with Crippen LogP contribution in [0.5, 0.6) is 5.75 Å². The molecule has 4 nitrogen and oxygen atoms in total. The van der Waals surface area contributed by atoms with Crippen LogP contribution in [0.1, 0.15) is 11.3 Å². The molecular formula is C15H15N3OS. The van der Waals surface area contributed by atoms with E-state index in [1.54, 1.807) is 7.11 Å². The summed E-state index contributed by atoms with van der Waals surface area (Å²) in [7, 11) is 1.66. The zero-order chi connectivity index (χ0) is 14.1. The number of imidazole rings is 1. The zero-order valence-corrected chi connectivity index (χ0v) is 12.2. The molecule has 0 saturated carbocycles. The Labute approximate surface area is 122 Å². The summed E-state index contributed by atoms with van der Waals surface area (Å²) in [6.07, 6.45) is 1.89. The summed E-state index contributed by atoms with van der Waals surface area (Å²) in [6, 6.07) is 9.97. The summed E-state index contributed by atoms with van der Waals surface area (Å²) in [6.45, 7) is 2.67. The van der Waals surface area contributed by atoms with E-state index in [2.05, 4.69) is 20.6 Å². The number of hydrogen-bond acceptors (Lipinski definition) is 3. The lowest BCUT2D eigenvalue weighted by Crippen LogP contribution is -2.00. The van der Waals surface area contributed by atoms with Crippen molar-refractivity contribution in [1.82, 2.24) is 14.5 Å². The van der Waals surface area contributed by atoms with Gasteiger partial charge in [0.1, 0.15) is 5.75 Å². The largest absolute Gasteiger partial charge is 0.497 e. The first-order chi connectivity index (χ1) is 9.67. The Hall–Kier alpha value is -2.14. The zero-order valence-electron chi connectivity index (χ0n) is 11.4. The second-order valence-electron chi connectivity index (χ2n) is 4.71. The molecule has 20 heavy (non-hydrogen) atoms. The van der Waals surface area contributed by atoms with E-state index in [1.165, 1.54) is 0 Å². The third kappa shape index (κ3) is 2.32. The van der Waals surface area contributed by atoms with Gasteiger partial charge >= 0.3 is 0 Å². The maximum atomic E-state index is 5.40. The fourth-order valence-corrected chi connectivity index (χ4v) is 2.46. The van der Waals surface area contributed by atoms with Crippen LogP contribution < -0.4 is 4.74 Å². The Morgan fingerprint density at radius 3 is 2.85 bits per heavy atom. The molecule has 2 heterocycles. The van der Waals surface area contributed by atoms with Crippen molar-refractivity contribution in [3.8, 4) is 5.75 Å². The number of hydrogen-bond donors (Lipinski definition) is 1. The summed E-state index contributed by atoms with van der Waals surface area (Å²) >= 11 is 5.40. The highest BCUT2D eigenvalue weighted by Gasteiger charge is 2.06. The van der Waals surface area contributed by atoms with Crippen molar-refractivity contribution in [2.45, 2.75) is 13.5 Å². The van der Waals surface area contributed by atoms with Gasteiger partial charge in [-0.3, -0.25) is 4.98 Å². The Balaban J connectivity index is 2.08. The van der Waals surface area contributed by atoms with Gasteiger partial charge in [-0.15, -0.1) is 0 Å². The van der Waals surface area contributed by atoms with E-state index in [9.17, 15) is 0 Å². The Morgan fingerprint density at radius 1 is 1.30 bits per heavy atom. The lowest BCUT2D eigenvalue weighted by atomic mass is 10.2. The highest BCUT2D eigenvalue weighted by Crippen LogP contribution is 2.21. The normalized spacial score (nSPS) is 10.9. The van der Waals surface area contributed by atoms with E-state index in [0.29, 0.717) is 11.3 Å². The first kappa shape index (κ1) is 12.9. The van der Waals surface area contributed by atoms with Crippen molar-refractivity contribution in [3.63, 3.8) is 0 Å².